The summed E-state index contributed by atoms with van der Waals surface area (Å²) in [6, 6.07) is 10.8. The molecule has 1 N–H and O–H groups in total. The largest absolute Gasteiger partial charge is 0.490 e. The van der Waals surface area contributed by atoms with Gasteiger partial charge in [-0.3, -0.25) is 4.72 Å². The Kier molecular flexibility index (Phi) is 6.74. The van der Waals surface area contributed by atoms with Gasteiger partial charge in [0.05, 0.1) is 10.7 Å². The number of nitrogens with one attached hydrogen (secondary N) is 1. The minimum absolute atomic E-state index is 0.0402. The van der Waals surface area contributed by atoms with E-state index in [0.717, 1.165) is 36.3 Å². The van der Waals surface area contributed by atoms with E-state index in [1.807, 2.05) is 21.0 Å². The number of halogens is 3. The van der Waals surface area contributed by atoms with Crippen LogP contribution in [-0.4, -0.2) is 47.4 Å². The quantitative estimate of drug-likeness (QED) is 0.507. The van der Waals surface area contributed by atoms with Crippen LogP contribution in [0.4, 0.5) is 10.1 Å². The molecule has 0 saturated carbocycles. The maximum atomic E-state index is 13.5. The van der Waals surface area contributed by atoms with Gasteiger partial charge in [0.2, 0.25) is 0 Å². The van der Waals surface area contributed by atoms with E-state index in [9.17, 15) is 12.8 Å². The summed E-state index contributed by atoms with van der Waals surface area (Å²) in [7, 11) is 0.0711. The molecule has 1 atom stereocenters. The van der Waals surface area contributed by atoms with Gasteiger partial charge in [-0.25, -0.2) is 12.8 Å². The lowest BCUT2D eigenvalue weighted by Gasteiger charge is -2.17. The van der Waals surface area contributed by atoms with E-state index in [4.69, 9.17) is 27.9 Å². The molecule has 0 amide bonds. The normalized spacial score (nSPS) is 16.9. The molecule has 2 aromatic carbocycles. The molecule has 4 rings (SSSR count). The molecular weight excluding hydrogens is 493 g/mol. The number of nitrogens with zero attached hydrogens (tertiary/aromatic N) is 1. The molecule has 168 valence electrons. The Morgan fingerprint density at radius 1 is 1.22 bits per heavy atom. The second-order valence-electron chi connectivity index (χ2n) is 7.76. The van der Waals surface area contributed by atoms with Crippen molar-refractivity contribution in [1.29, 1.82) is 0 Å². The molecule has 0 radical (unpaired) electrons. The first kappa shape index (κ1) is 23.4. The van der Waals surface area contributed by atoms with E-state index in [0.29, 0.717) is 22.6 Å². The fraction of sp³-hybridized carbons (Fsp3) is 0.238. The molecule has 0 aliphatic carbocycles. The van der Waals surface area contributed by atoms with Crippen LogP contribution in [0.15, 0.2) is 46.7 Å². The zero-order chi connectivity index (χ0) is 23.0. The molecule has 1 aromatic heterocycles. The fourth-order valence-corrected chi connectivity index (χ4v) is 6.50. The maximum absolute atomic E-state index is 13.5. The summed E-state index contributed by atoms with van der Waals surface area (Å²) in [5, 5.41) is -0.0621. The summed E-state index contributed by atoms with van der Waals surface area (Å²) in [5.74, 6) is 0.0919. The van der Waals surface area contributed by atoms with Crippen LogP contribution < -0.4 is 14.9 Å². The summed E-state index contributed by atoms with van der Waals surface area (Å²) < 4.78 is 48.5. The highest BCUT2D eigenvalue weighted by Gasteiger charge is 2.23. The van der Waals surface area contributed by atoms with Gasteiger partial charge in [0, 0.05) is 24.7 Å². The Bertz CT molecular complexity index is 1270. The highest BCUT2D eigenvalue weighted by molar-refractivity contribution is 7.94. The lowest BCUT2D eigenvalue weighted by atomic mass is 9.95. The Hall–Kier alpha value is -1.78. The predicted octanol–water partition coefficient (Wildman–Crippen LogP) is 4.00. The van der Waals surface area contributed by atoms with E-state index in [-0.39, 0.29) is 19.7 Å². The topological polar surface area (TPSA) is 58.6 Å². The average molecular weight is 513 g/mol. The summed E-state index contributed by atoms with van der Waals surface area (Å²) in [6.07, 6.45) is 1.00. The summed E-state index contributed by atoms with van der Waals surface area (Å²) in [4.78, 5) is 2.19. The van der Waals surface area contributed by atoms with Crippen LogP contribution in [0.2, 0.25) is 9.36 Å². The predicted molar refractivity (Wildman–Crippen MR) is 132 cm³/mol. The SMILES string of the molecule is Bc1ccc(NS(=O)(=O)c2cc(-c3ccc(F)c(Cl)c3)c(Cl)s2)cc1O[C@@H]1CCN(C)C1. The zero-order valence-electron chi connectivity index (χ0n) is 17.4. The average Bonchev–Trinajstić information content (AvgIpc) is 3.32. The van der Waals surface area contributed by atoms with Gasteiger partial charge in [0.15, 0.2) is 0 Å². The molecular formula is C21H20BCl2FN2O3S2. The van der Waals surface area contributed by atoms with Gasteiger partial charge in [-0.1, -0.05) is 35.3 Å². The molecule has 3 aromatic rings. The number of likely N-dealkylation sites (tertiary alicyclic amines) is 1. The lowest BCUT2D eigenvalue weighted by molar-refractivity contribution is 0.210. The summed E-state index contributed by atoms with van der Waals surface area (Å²) >= 11 is 13.1. The number of rotatable bonds is 6. The number of likely N-dealkylation sites (N-methyl/N-ethyl adjacent to an activating group) is 1. The Morgan fingerprint density at radius 2 is 2.00 bits per heavy atom. The van der Waals surface area contributed by atoms with Crippen molar-refractivity contribution in [2.75, 3.05) is 24.9 Å². The minimum Gasteiger partial charge on any atom is -0.490 e. The molecule has 11 heteroatoms. The van der Waals surface area contributed by atoms with E-state index >= 15 is 0 Å². The highest BCUT2D eigenvalue weighted by atomic mass is 35.5. The van der Waals surface area contributed by atoms with Crippen molar-refractivity contribution < 1.29 is 17.5 Å². The number of benzene rings is 2. The monoisotopic (exact) mass is 512 g/mol. The highest BCUT2D eigenvalue weighted by Crippen LogP contribution is 2.39. The van der Waals surface area contributed by atoms with Gasteiger partial charge in [-0.15, -0.1) is 11.3 Å². The third-order valence-electron chi connectivity index (χ3n) is 5.24. The first-order valence-corrected chi connectivity index (χ1v) is 12.9. The van der Waals surface area contributed by atoms with Crippen molar-refractivity contribution in [2.24, 2.45) is 0 Å². The summed E-state index contributed by atoms with van der Waals surface area (Å²) in [6.45, 7) is 1.80. The third-order valence-corrected chi connectivity index (χ3v) is 8.74. The zero-order valence-corrected chi connectivity index (χ0v) is 20.5. The number of hydrogen-bond donors (Lipinski definition) is 1. The molecule has 32 heavy (non-hydrogen) atoms. The molecule has 0 unspecified atom stereocenters. The number of anilines is 1. The van der Waals surface area contributed by atoms with Crippen molar-refractivity contribution in [3.8, 4) is 16.9 Å². The van der Waals surface area contributed by atoms with Crippen molar-refractivity contribution >= 4 is 63.6 Å². The van der Waals surface area contributed by atoms with Gasteiger partial charge < -0.3 is 9.64 Å². The van der Waals surface area contributed by atoms with Crippen molar-refractivity contribution in [3.63, 3.8) is 0 Å². The van der Waals surface area contributed by atoms with Crippen LogP contribution in [0, 0.1) is 5.82 Å². The number of sulfonamides is 1. The van der Waals surface area contributed by atoms with Crippen molar-refractivity contribution in [3.05, 3.63) is 57.6 Å². The first-order chi connectivity index (χ1) is 15.1. The van der Waals surface area contributed by atoms with Crippen molar-refractivity contribution in [2.45, 2.75) is 16.7 Å². The Balaban J connectivity index is 1.57. The molecule has 0 bridgehead atoms. The van der Waals surface area contributed by atoms with Gasteiger partial charge in [-0.05, 0) is 48.8 Å². The van der Waals surface area contributed by atoms with Crippen LogP contribution in [0.3, 0.4) is 0 Å². The Labute approximate surface area is 201 Å². The Morgan fingerprint density at radius 3 is 2.69 bits per heavy atom. The lowest BCUT2D eigenvalue weighted by Crippen LogP contribution is -2.24. The number of thiophene rings is 1. The molecule has 1 aliphatic heterocycles. The molecule has 2 heterocycles. The van der Waals surface area contributed by atoms with Crippen LogP contribution in [-0.2, 0) is 10.0 Å². The molecule has 1 fully saturated rings. The van der Waals surface area contributed by atoms with E-state index in [1.54, 1.807) is 12.1 Å². The third kappa shape index (κ3) is 5.07. The van der Waals surface area contributed by atoms with Gasteiger partial charge in [-0.2, -0.15) is 0 Å². The second-order valence-corrected chi connectivity index (χ2v) is 11.7. The van der Waals surface area contributed by atoms with Crippen LogP contribution in [0.5, 0.6) is 5.75 Å². The standard InChI is InChI=1S/C21H20BCl2FN2O3S2/c1-27-7-6-14(11-27)30-19-9-13(3-4-16(19)22)26-32(28,29)20-10-15(21(24)31-20)12-2-5-18(25)17(23)8-12/h2-5,8-10,14,26H,6-7,11,22H2,1H3/t14-/m1/s1. The second kappa shape index (κ2) is 9.23. The molecule has 5 nitrogen and oxygen atoms in total. The molecule has 1 aliphatic rings. The van der Waals surface area contributed by atoms with Gasteiger partial charge >= 0.3 is 0 Å². The maximum Gasteiger partial charge on any atom is 0.271 e. The first-order valence-electron chi connectivity index (χ1n) is 9.86. The van der Waals surface area contributed by atoms with Gasteiger partial charge in [0.25, 0.3) is 10.0 Å². The van der Waals surface area contributed by atoms with E-state index in [2.05, 4.69) is 9.62 Å². The van der Waals surface area contributed by atoms with Gasteiger partial charge in [0.1, 0.15) is 34.1 Å². The fourth-order valence-electron chi connectivity index (χ4n) is 3.51. The van der Waals surface area contributed by atoms with Crippen LogP contribution in [0.25, 0.3) is 11.1 Å². The number of hydrogen-bond acceptors (Lipinski definition) is 5. The van der Waals surface area contributed by atoms with E-state index in [1.165, 1.54) is 24.3 Å². The molecule has 1 saturated heterocycles. The van der Waals surface area contributed by atoms with Crippen LogP contribution in [0.1, 0.15) is 6.42 Å². The molecule has 0 spiro atoms. The van der Waals surface area contributed by atoms with Crippen molar-refractivity contribution in [1.82, 2.24) is 4.90 Å². The minimum atomic E-state index is -3.89. The number of ether oxygens (including phenoxy) is 1. The summed E-state index contributed by atoms with van der Waals surface area (Å²) in [5.41, 5.74) is 2.33. The van der Waals surface area contributed by atoms with E-state index < -0.39 is 15.8 Å². The smallest absolute Gasteiger partial charge is 0.271 e. The van der Waals surface area contributed by atoms with Crippen LogP contribution >= 0.6 is 34.5 Å².